The van der Waals surface area contributed by atoms with Crippen LogP contribution in [0.1, 0.15) is 37.3 Å². The van der Waals surface area contributed by atoms with Gasteiger partial charge in [-0.15, -0.1) is 11.6 Å². The fourth-order valence-corrected chi connectivity index (χ4v) is 2.96. The van der Waals surface area contributed by atoms with Crippen molar-refractivity contribution in [2.24, 2.45) is 5.92 Å². The first-order valence-electron chi connectivity index (χ1n) is 6.65. The zero-order valence-electron chi connectivity index (χ0n) is 10.9. The summed E-state index contributed by atoms with van der Waals surface area (Å²) in [5.74, 6) is 1.47. The van der Waals surface area contributed by atoms with Gasteiger partial charge < -0.3 is 4.90 Å². The molecule has 1 saturated heterocycles. The highest BCUT2D eigenvalue weighted by Crippen LogP contribution is 2.29. The maximum absolute atomic E-state index is 6.07. The number of benzene rings is 1. The first-order valence-corrected chi connectivity index (χ1v) is 7.18. The minimum atomic E-state index is 0.615. The molecule has 0 saturated carbocycles. The Morgan fingerprint density at radius 1 is 1.41 bits per heavy atom. The molecule has 0 aromatic heterocycles. The van der Waals surface area contributed by atoms with Crippen molar-refractivity contribution in [3.63, 3.8) is 0 Å². The molecule has 1 unspecified atom stereocenters. The van der Waals surface area contributed by atoms with Gasteiger partial charge in [0.2, 0.25) is 0 Å². The summed E-state index contributed by atoms with van der Waals surface area (Å²) < 4.78 is 0. The number of hydrogen-bond donors (Lipinski definition) is 0. The molecule has 1 atom stereocenters. The molecule has 1 nitrogen and oxygen atoms in total. The lowest BCUT2D eigenvalue weighted by Gasteiger charge is -2.35. The SMILES string of the molecule is CCC1CCCN(c2ccc(C)cc2CCl)C1. The molecule has 1 aliphatic heterocycles. The number of piperidine rings is 1. The van der Waals surface area contributed by atoms with Crippen LogP contribution in [0.15, 0.2) is 18.2 Å². The van der Waals surface area contributed by atoms with Crippen LogP contribution >= 0.6 is 11.6 Å². The van der Waals surface area contributed by atoms with Crippen LogP contribution in [0.5, 0.6) is 0 Å². The number of rotatable bonds is 3. The summed E-state index contributed by atoms with van der Waals surface area (Å²) in [5, 5.41) is 0. The van der Waals surface area contributed by atoms with Crippen LogP contribution in [0, 0.1) is 12.8 Å². The first-order chi connectivity index (χ1) is 8.24. The smallest absolute Gasteiger partial charge is 0.0494 e. The van der Waals surface area contributed by atoms with Crippen LogP contribution in [0.2, 0.25) is 0 Å². The number of aryl methyl sites for hydroxylation is 1. The molecule has 0 radical (unpaired) electrons. The van der Waals surface area contributed by atoms with Crippen molar-refractivity contribution in [2.45, 2.75) is 39.0 Å². The number of nitrogens with zero attached hydrogens (tertiary/aromatic N) is 1. The van der Waals surface area contributed by atoms with Crippen molar-refractivity contribution in [1.29, 1.82) is 0 Å². The van der Waals surface area contributed by atoms with E-state index in [1.54, 1.807) is 0 Å². The van der Waals surface area contributed by atoms with E-state index in [1.165, 1.54) is 49.2 Å². The molecule has 0 amide bonds. The van der Waals surface area contributed by atoms with E-state index < -0.39 is 0 Å². The van der Waals surface area contributed by atoms with Gasteiger partial charge in [-0.25, -0.2) is 0 Å². The van der Waals surface area contributed by atoms with E-state index in [0.29, 0.717) is 5.88 Å². The minimum absolute atomic E-state index is 0.615. The summed E-state index contributed by atoms with van der Waals surface area (Å²) >= 11 is 6.07. The molecule has 2 heteroatoms. The summed E-state index contributed by atoms with van der Waals surface area (Å²) in [7, 11) is 0. The average Bonchev–Trinajstić information content (AvgIpc) is 2.38. The standard InChI is InChI=1S/C15H22ClN/c1-3-13-5-4-8-17(11-13)15-7-6-12(2)9-14(15)10-16/h6-7,9,13H,3-5,8,10-11H2,1-2H3. The third-order valence-electron chi connectivity index (χ3n) is 3.82. The van der Waals surface area contributed by atoms with E-state index >= 15 is 0 Å². The second-order valence-corrected chi connectivity index (χ2v) is 5.40. The van der Waals surface area contributed by atoms with Crippen LogP contribution in [0.25, 0.3) is 0 Å². The Kier molecular flexibility index (Phi) is 4.33. The van der Waals surface area contributed by atoms with Crippen LogP contribution in [-0.2, 0) is 5.88 Å². The van der Waals surface area contributed by atoms with Crippen LogP contribution in [0.4, 0.5) is 5.69 Å². The largest absolute Gasteiger partial charge is 0.371 e. The summed E-state index contributed by atoms with van der Waals surface area (Å²) in [6.07, 6.45) is 3.99. The lowest BCUT2D eigenvalue weighted by molar-refractivity contribution is 0.404. The number of hydrogen-bond acceptors (Lipinski definition) is 1. The van der Waals surface area contributed by atoms with E-state index in [0.717, 1.165) is 5.92 Å². The van der Waals surface area contributed by atoms with Crippen LogP contribution in [-0.4, -0.2) is 13.1 Å². The van der Waals surface area contributed by atoms with Crippen molar-refractivity contribution in [3.8, 4) is 0 Å². The Hall–Kier alpha value is -0.690. The van der Waals surface area contributed by atoms with Crippen LogP contribution in [0.3, 0.4) is 0 Å². The Bertz CT molecular complexity index is 375. The lowest BCUT2D eigenvalue weighted by atomic mass is 9.94. The van der Waals surface area contributed by atoms with Gasteiger partial charge in [0.25, 0.3) is 0 Å². The van der Waals surface area contributed by atoms with Gasteiger partial charge in [-0.05, 0) is 37.3 Å². The third kappa shape index (κ3) is 2.95. The van der Waals surface area contributed by atoms with Crippen molar-refractivity contribution in [3.05, 3.63) is 29.3 Å². The molecule has 0 N–H and O–H groups in total. The second kappa shape index (κ2) is 5.77. The monoisotopic (exact) mass is 251 g/mol. The molecule has 1 aliphatic rings. The quantitative estimate of drug-likeness (QED) is 0.722. The van der Waals surface area contributed by atoms with Gasteiger partial charge in [-0.2, -0.15) is 0 Å². The maximum atomic E-state index is 6.07. The van der Waals surface area contributed by atoms with Gasteiger partial charge in [-0.3, -0.25) is 0 Å². The zero-order valence-corrected chi connectivity index (χ0v) is 11.6. The van der Waals surface area contributed by atoms with Gasteiger partial charge in [-0.1, -0.05) is 31.0 Å². The topological polar surface area (TPSA) is 3.24 Å². The molecular formula is C15H22ClN. The summed E-state index contributed by atoms with van der Waals surface area (Å²) in [5.41, 5.74) is 3.93. The van der Waals surface area contributed by atoms with Gasteiger partial charge in [0.05, 0.1) is 0 Å². The lowest BCUT2D eigenvalue weighted by Crippen LogP contribution is -2.35. The maximum Gasteiger partial charge on any atom is 0.0494 e. The van der Waals surface area contributed by atoms with E-state index in [4.69, 9.17) is 11.6 Å². The average molecular weight is 252 g/mol. The molecular weight excluding hydrogens is 230 g/mol. The second-order valence-electron chi connectivity index (χ2n) is 5.13. The first kappa shape index (κ1) is 12.8. The van der Waals surface area contributed by atoms with Crippen molar-refractivity contribution in [1.82, 2.24) is 0 Å². The van der Waals surface area contributed by atoms with Crippen molar-refractivity contribution in [2.75, 3.05) is 18.0 Å². The zero-order chi connectivity index (χ0) is 12.3. The molecule has 1 heterocycles. The Morgan fingerprint density at radius 2 is 2.24 bits per heavy atom. The van der Waals surface area contributed by atoms with E-state index in [2.05, 4.69) is 36.9 Å². The summed E-state index contributed by atoms with van der Waals surface area (Å²) in [6, 6.07) is 6.66. The summed E-state index contributed by atoms with van der Waals surface area (Å²) in [4.78, 5) is 2.52. The molecule has 0 bridgehead atoms. The normalized spacial score (nSPS) is 20.6. The van der Waals surface area contributed by atoms with Gasteiger partial charge in [0.15, 0.2) is 0 Å². The highest BCUT2D eigenvalue weighted by molar-refractivity contribution is 6.17. The number of alkyl halides is 1. The molecule has 1 aromatic carbocycles. The highest BCUT2D eigenvalue weighted by Gasteiger charge is 2.20. The predicted molar refractivity (Wildman–Crippen MR) is 76.0 cm³/mol. The fourth-order valence-electron chi connectivity index (χ4n) is 2.75. The molecule has 1 aromatic rings. The van der Waals surface area contributed by atoms with Gasteiger partial charge in [0.1, 0.15) is 0 Å². The highest BCUT2D eigenvalue weighted by atomic mass is 35.5. The Morgan fingerprint density at radius 3 is 2.94 bits per heavy atom. The van der Waals surface area contributed by atoms with E-state index in [1.807, 2.05) is 0 Å². The molecule has 0 spiro atoms. The minimum Gasteiger partial charge on any atom is -0.371 e. The number of halogens is 1. The van der Waals surface area contributed by atoms with Gasteiger partial charge in [0, 0.05) is 24.7 Å². The van der Waals surface area contributed by atoms with Crippen molar-refractivity contribution >= 4 is 17.3 Å². The molecule has 0 aliphatic carbocycles. The van der Waals surface area contributed by atoms with E-state index in [-0.39, 0.29) is 0 Å². The van der Waals surface area contributed by atoms with Crippen molar-refractivity contribution < 1.29 is 0 Å². The summed E-state index contributed by atoms with van der Waals surface area (Å²) in [6.45, 7) is 6.81. The molecule has 94 valence electrons. The predicted octanol–water partition coefficient (Wildman–Crippen LogP) is 4.36. The fraction of sp³-hybridized carbons (Fsp3) is 0.600. The Balaban J connectivity index is 2.20. The molecule has 1 fully saturated rings. The van der Waals surface area contributed by atoms with Crippen LogP contribution < -0.4 is 4.90 Å². The third-order valence-corrected chi connectivity index (χ3v) is 4.10. The molecule has 17 heavy (non-hydrogen) atoms. The molecule has 2 rings (SSSR count). The van der Waals surface area contributed by atoms with E-state index in [9.17, 15) is 0 Å². The van der Waals surface area contributed by atoms with Gasteiger partial charge >= 0.3 is 0 Å². The Labute approximate surface area is 110 Å². The number of anilines is 1.